The highest BCUT2D eigenvalue weighted by Gasteiger charge is 2.31. The Morgan fingerprint density at radius 1 is 1.18 bits per heavy atom. The Morgan fingerprint density at radius 2 is 1.86 bits per heavy atom. The molecular weight excluding hydrogens is 300 g/mol. The number of hydrogen-bond acceptors (Lipinski definition) is 3. The van der Waals surface area contributed by atoms with E-state index in [1.54, 1.807) is 0 Å². The minimum absolute atomic E-state index is 0.0647. The van der Waals surface area contributed by atoms with Gasteiger partial charge in [0.25, 0.3) is 0 Å². The number of carbonyl (C=O) groups excluding carboxylic acids is 1. The number of nitrogens with one attached hydrogen (secondary N) is 1. The predicted octanol–water partition coefficient (Wildman–Crippen LogP) is 1.46. The summed E-state index contributed by atoms with van der Waals surface area (Å²) in [6.07, 6.45) is 4.39. The molecule has 1 unspecified atom stereocenters. The lowest BCUT2D eigenvalue weighted by Gasteiger charge is -2.30. The molecule has 5 nitrogen and oxygen atoms in total. The van der Waals surface area contributed by atoms with Crippen molar-refractivity contribution in [2.24, 2.45) is 5.92 Å². The summed E-state index contributed by atoms with van der Waals surface area (Å²) in [5.74, 6) is -0.0133. The highest BCUT2D eigenvalue weighted by molar-refractivity contribution is 7.88. The van der Waals surface area contributed by atoms with Gasteiger partial charge in [-0.2, -0.15) is 0 Å². The molecule has 22 heavy (non-hydrogen) atoms. The van der Waals surface area contributed by atoms with Crippen molar-refractivity contribution < 1.29 is 13.2 Å². The molecule has 6 heteroatoms. The summed E-state index contributed by atoms with van der Waals surface area (Å²) >= 11 is 0. The highest BCUT2D eigenvalue weighted by atomic mass is 32.2. The minimum Gasteiger partial charge on any atom is -0.349 e. The Labute approximate surface area is 131 Å². The van der Waals surface area contributed by atoms with Crippen LogP contribution in [0.25, 0.3) is 0 Å². The first-order chi connectivity index (χ1) is 10.4. The van der Waals surface area contributed by atoms with Gasteiger partial charge < -0.3 is 5.32 Å². The van der Waals surface area contributed by atoms with Crippen molar-refractivity contribution in [3.63, 3.8) is 0 Å². The van der Waals surface area contributed by atoms with Gasteiger partial charge in [-0.05, 0) is 36.8 Å². The van der Waals surface area contributed by atoms with Gasteiger partial charge in [-0.1, -0.05) is 24.3 Å². The first-order valence-electron chi connectivity index (χ1n) is 7.78. The van der Waals surface area contributed by atoms with Gasteiger partial charge in [-0.15, -0.1) is 0 Å². The van der Waals surface area contributed by atoms with Crippen molar-refractivity contribution >= 4 is 15.9 Å². The maximum Gasteiger partial charge on any atom is 0.223 e. The maximum atomic E-state index is 12.4. The fourth-order valence-corrected chi connectivity index (χ4v) is 4.32. The number of sulfonamides is 1. The van der Waals surface area contributed by atoms with E-state index in [-0.39, 0.29) is 17.9 Å². The van der Waals surface area contributed by atoms with Gasteiger partial charge in [0.15, 0.2) is 0 Å². The third kappa shape index (κ3) is 3.17. The van der Waals surface area contributed by atoms with Crippen LogP contribution in [-0.2, 0) is 21.2 Å². The van der Waals surface area contributed by atoms with Gasteiger partial charge in [0.2, 0.25) is 15.9 Å². The molecule has 1 saturated heterocycles. The normalized spacial score (nSPS) is 23.2. The Kier molecular flexibility index (Phi) is 4.23. The molecule has 1 atom stereocenters. The molecule has 1 aliphatic carbocycles. The van der Waals surface area contributed by atoms with E-state index in [0.717, 1.165) is 12.8 Å². The number of carbonyl (C=O) groups is 1. The summed E-state index contributed by atoms with van der Waals surface area (Å²) in [6.45, 7) is 0.885. The second-order valence-corrected chi connectivity index (χ2v) is 8.22. The molecule has 0 radical (unpaired) electrons. The van der Waals surface area contributed by atoms with Gasteiger partial charge in [0, 0.05) is 19.0 Å². The average molecular weight is 322 g/mol. The zero-order chi connectivity index (χ0) is 15.7. The van der Waals surface area contributed by atoms with Gasteiger partial charge >= 0.3 is 0 Å². The molecule has 1 aromatic carbocycles. The van der Waals surface area contributed by atoms with Crippen LogP contribution in [0.1, 0.15) is 36.4 Å². The van der Waals surface area contributed by atoms with Crippen molar-refractivity contribution in [1.82, 2.24) is 9.62 Å². The van der Waals surface area contributed by atoms with Crippen LogP contribution in [0.4, 0.5) is 0 Å². The minimum atomic E-state index is -3.14. The number of fused-ring (bicyclic) bond motifs is 1. The van der Waals surface area contributed by atoms with Crippen LogP contribution < -0.4 is 5.32 Å². The lowest BCUT2D eigenvalue weighted by Crippen LogP contribution is -2.43. The Balaban J connectivity index is 1.58. The second-order valence-electron chi connectivity index (χ2n) is 6.23. The topological polar surface area (TPSA) is 66.5 Å². The molecule has 0 spiro atoms. The number of nitrogens with zero attached hydrogens (tertiary/aromatic N) is 1. The number of hydrogen-bond donors (Lipinski definition) is 1. The molecule has 1 N–H and O–H groups in total. The Hall–Kier alpha value is -1.40. The molecule has 0 aromatic heterocycles. The zero-order valence-corrected chi connectivity index (χ0v) is 13.6. The lowest BCUT2D eigenvalue weighted by atomic mass is 9.96. The van der Waals surface area contributed by atoms with Crippen LogP contribution in [0.3, 0.4) is 0 Å². The van der Waals surface area contributed by atoms with Crippen molar-refractivity contribution in [3.05, 3.63) is 35.4 Å². The molecule has 1 fully saturated rings. The number of benzene rings is 1. The van der Waals surface area contributed by atoms with Crippen LogP contribution in [0.2, 0.25) is 0 Å². The fraction of sp³-hybridized carbons (Fsp3) is 0.562. The quantitative estimate of drug-likeness (QED) is 0.916. The number of rotatable bonds is 3. The number of aryl methyl sites for hydroxylation is 1. The fourth-order valence-electron chi connectivity index (χ4n) is 3.45. The van der Waals surface area contributed by atoms with Crippen LogP contribution in [0.15, 0.2) is 24.3 Å². The summed E-state index contributed by atoms with van der Waals surface area (Å²) in [6, 6.07) is 8.35. The summed E-state index contributed by atoms with van der Waals surface area (Å²) < 4.78 is 24.5. The van der Waals surface area contributed by atoms with Crippen molar-refractivity contribution in [3.8, 4) is 0 Å². The third-order valence-electron chi connectivity index (χ3n) is 4.74. The molecule has 120 valence electrons. The van der Waals surface area contributed by atoms with E-state index >= 15 is 0 Å². The smallest absolute Gasteiger partial charge is 0.223 e. The van der Waals surface area contributed by atoms with E-state index in [2.05, 4.69) is 17.4 Å². The van der Waals surface area contributed by atoms with Crippen LogP contribution >= 0.6 is 0 Å². The summed E-state index contributed by atoms with van der Waals surface area (Å²) in [5.41, 5.74) is 2.55. The molecule has 1 aliphatic heterocycles. The summed E-state index contributed by atoms with van der Waals surface area (Å²) in [5, 5.41) is 3.15. The van der Waals surface area contributed by atoms with Crippen LogP contribution in [0, 0.1) is 5.92 Å². The largest absolute Gasteiger partial charge is 0.349 e. The standard InChI is InChI=1S/C16H22N2O3S/c1-22(20,21)18-10-8-13(9-11-18)16(19)17-15-7-6-12-4-2-3-5-14(12)15/h2-5,13,15H,6-11H2,1H3,(H,17,19). The molecule has 1 aromatic rings. The maximum absolute atomic E-state index is 12.4. The number of amides is 1. The molecule has 2 aliphatic rings. The van der Waals surface area contributed by atoms with Crippen LogP contribution in [-0.4, -0.2) is 38.0 Å². The zero-order valence-electron chi connectivity index (χ0n) is 12.8. The molecule has 0 bridgehead atoms. The van der Waals surface area contributed by atoms with E-state index in [0.29, 0.717) is 25.9 Å². The third-order valence-corrected chi connectivity index (χ3v) is 6.05. The van der Waals surface area contributed by atoms with E-state index in [9.17, 15) is 13.2 Å². The first-order valence-corrected chi connectivity index (χ1v) is 9.63. The summed E-state index contributed by atoms with van der Waals surface area (Å²) in [4.78, 5) is 12.4. The number of piperidine rings is 1. The molecule has 0 saturated carbocycles. The van der Waals surface area contributed by atoms with E-state index < -0.39 is 10.0 Å². The van der Waals surface area contributed by atoms with Crippen molar-refractivity contribution in [1.29, 1.82) is 0 Å². The van der Waals surface area contributed by atoms with Gasteiger partial charge in [-0.25, -0.2) is 12.7 Å². The van der Waals surface area contributed by atoms with Crippen molar-refractivity contribution in [2.45, 2.75) is 31.7 Å². The van der Waals surface area contributed by atoms with E-state index in [4.69, 9.17) is 0 Å². The molecule has 1 heterocycles. The highest BCUT2D eigenvalue weighted by Crippen LogP contribution is 2.31. The monoisotopic (exact) mass is 322 g/mol. The predicted molar refractivity (Wildman–Crippen MR) is 84.8 cm³/mol. The molecule has 1 amide bonds. The van der Waals surface area contributed by atoms with Crippen molar-refractivity contribution in [2.75, 3.05) is 19.3 Å². The van der Waals surface area contributed by atoms with Gasteiger partial charge in [0.1, 0.15) is 0 Å². The lowest BCUT2D eigenvalue weighted by molar-refractivity contribution is -0.126. The van der Waals surface area contributed by atoms with Gasteiger partial charge in [-0.3, -0.25) is 4.79 Å². The average Bonchev–Trinajstić information content (AvgIpc) is 2.90. The van der Waals surface area contributed by atoms with E-state index in [1.807, 2.05) is 12.1 Å². The summed E-state index contributed by atoms with van der Waals surface area (Å²) in [7, 11) is -3.14. The Bertz CT molecular complexity index is 664. The second kappa shape index (κ2) is 6.01. The van der Waals surface area contributed by atoms with Gasteiger partial charge in [0.05, 0.1) is 12.3 Å². The molecule has 3 rings (SSSR count). The first kappa shape index (κ1) is 15.5. The SMILES string of the molecule is CS(=O)(=O)N1CCC(C(=O)NC2CCc3ccccc32)CC1. The van der Waals surface area contributed by atoms with Crippen LogP contribution in [0.5, 0.6) is 0 Å². The molecular formula is C16H22N2O3S. The van der Waals surface area contributed by atoms with E-state index in [1.165, 1.54) is 21.7 Å². The Morgan fingerprint density at radius 3 is 2.55 bits per heavy atom.